The van der Waals surface area contributed by atoms with Gasteiger partial charge in [0.25, 0.3) is 0 Å². The number of ether oxygens (including phenoxy) is 2. The van der Waals surface area contributed by atoms with Gasteiger partial charge in [0.15, 0.2) is 0 Å². The fourth-order valence-corrected chi connectivity index (χ4v) is 2.60. The summed E-state index contributed by atoms with van der Waals surface area (Å²) >= 11 is 0. The average molecular weight is 351 g/mol. The minimum atomic E-state index is 0.577. The molecule has 0 amide bonds. The van der Waals surface area contributed by atoms with Crippen molar-refractivity contribution >= 4 is 0 Å². The van der Waals surface area contributed by atoms with E-state index in [0.717, 1.165) is 24.5 Å². The van der Waals surface area contributed by atoms with Crippen molar-refractivity contribution in [1.29, 1.82) is 0 Å². The average Bonchev–Trinajstić information content (AvgIpc) is 2.69. The molecule has 2 aromatic rings. The highest BCUT2D eigenvalue weighted by molar-refractivity contribution is 5.64. The van der Waals surface area contributed by atoms with Gasteiger partial charge in [0.2, 0.25) is 0 Å². The molecule has 138 valence electrons. The van der Waals surface area contributed by atoms with E-state index in [0.29, 0.717) is 6.61 Å². The van der Waals surface area contributed by atoms with Crippen LogP contribution in [0.1, 0.15) is 39.5 Å². The van der Waals surface area contributed by atoms with Crippen molar-refractivity contribution in [3.05, 3.63) is 72.8 Å². The van der Waals surface area contributed by atoms with Gasteiger partial charge in [-0.3, -0.25) is 0 Å². The van der Waals surface area contributed by atoms with Gasteiger partial charge in [0, 0.05) is 0 Å². The van der Waals surface area contributed by atoms with Gasteiger partial charge in [0.1, 0.15) is 18.1 Å². The molecule has 2 rings (SSSR count). The Hall–Kier alpha value is -2.48. The number of unbranched alkanes of at least 4 members (excludes halogenated alkanes) is 3. The van der Waals surface area contributed by atoms with Crippen LogP contribution in [-0.2, 0) is 0 Å². The van der Waals surface area contributed by atoms with Gasteiger partial charge in [-0.05, 0) is 54.8 Å². The Bertz CT molecular complexity index is 666. The molecule has 26 heavy (non-hydrogen) atoms. The van der Waals surface area contributed by atoms with Crippen molar-refractivity contribution in [2.45, 2.75) is 39.5 Å². The largest absolute Gasteiger partial charge is 0.494 e. The molecule has 0 bridgehead atoms. The fourth-order valence-electron chi connectivity index (χ4n) is 2.60. The molecule has 0 aliphatic rings. The second kappa shape index (κ2) is 12.0. The Balaban J connectivity index is 1.82. The van der Waals surface area contributed by atoms with Crippen molar-refractivity contribution in [1.82, 2.24) is 0 Å². The summed E-state index contributed by atoms with van der Waals surface area (Å²) in [5, 5.41) is 0. The van der Waals surface area contributed by atoms with Crippen LogP contribution in [0.3, 0.4) is 0 Å². The topological polar surface area (TPSA) is 18.5 Å². The van der Waals surface area contributed by atoms with Crippen LogP contribution in [0.25, 0.3) is 11.1 Å². The van der Waals surface area contributed by atoms with Crippen LogP contribution in [-0.4, -0.2) is 13.2 Å². The summed E-state index contributed by atoms with van der Waals surface area (Å²) in [4.78, 5) is 0. The Morgan fingerprint density at radius 3 is 1.92 bits per heavy atom. The molecule has 2 aromatic carbocycles. The molecule has 0 aliphatic heterocycles. The first-order valence-electron chi connectivity index (χ1n) is 9.57. The van der Waals surface area contributed by atoms with E-state index in [1.165, 1.54) is 30.4 Å². The lowest BCUT2D eigenvalue weighted by atomic mass is 10.1. The van der Waals surface area contributed by atoms with Crippen LogP contribution in [0.2, 0.25) is 0 Å². The minimum Gasteiger partial charge on any atom is -0.494 e. The van der Waals surface area contributed by atoms with Gasteiger partial charge in [-0.25, -0.2) is 0 Å². The highest BCUT2D eigenvalue weighted by atomic mass is 16.5. The lowest BCUT2D eigenvalue weighted by Crippen LogP contribution is -1.97. The smallest absolute Gasteiger partial charge is 0.119 e. The van der Waals surface area contributed by atoms with Crippen LogP contribution in [0.4, 0.5) is 0 Å². The number of allylic oxidation sites excluding steroid dienone is 3. The highest BCUT2D eigenvalue weighted by Crippen LogP contribution is 2.24. The van der Waals surface area contributed by atoms with Crippen LogP contribution >= 0.6 is 0 Å². The van der Waals surface area contributed by atoms with Gasteiger partial charge in [-0.15, -0.1) is 0 Å². The minimum absolute atomic E-state index is 0.577. The van der Waals surface area contributed by atoms with Gasteiger partial charge >= 0.3 is 0 Å². The SMILES string of the molecule is C/C=C/C=C/COc1ccc(-c2ccc(OCCCCCC)cc2)cc1. The van der Waals surface area contributed by atoms with E-state index in [4.69, 9.17) is 9.47 Å². The molecule has 0 radical (unpaired) electrons. The second-order valence-corrected chi connectivity index (χ2v) is 6.22. The van der Waals surface area contributed by atoms with Crippen LogP contribution in [0.15, 0.2) is 72.8 Å². The zero-order chi connectivity index (χ0) is 18.5. The van der Waals surface area contributed by atoms with E-state index in [9.17, 15) is 0 Å². The molecule has 0 saturated heterocycles. The predicted octanol–water partition coefficient (Wildman–Crippen LogP) is 6.82. The maximum Gasteiger partial charge on any atom is 0.119 e. The molecule has 2 nitrogen and oxygen atoms in total. The molecular formula is C24H30O2. The molecule has 0 aromatic heterocycles. The standard InChI is InChI=1S/C24H30O2/c1-3-5-7-9-19-25-23-15-11-21(12-16-23)22-13-17-24(18-14-22)26-20-10-8-6-4-2/h3,5,7,9,11-18H,4,6,8,10,19-20H2,1-2H3/b5-3+,9-7+. The van der Waals surface area contributed by atoms with E-state index in [-0.39, 0.29) is 0 Å². The Kier molecular flexibility index (Phi) is 9.13. The summed E-state index contributed by atoms with van der Waals surface area (Å²) in [5.74, 6) is 1.82. The summed E-state index contributed by atoms with van der Waals surface area (Å²) < 4.78 is 11.5. The third-order valence-corrected chi connectivity index (χ3v) is 4.09. The Labute approximate surface area is 158 Å². The summed E-state index contributed by atoms with van der Waals surface area (Å²) in [6, 6.07) is 16.5. The molecule has 0 fully saturated rings. The van der Waals surface area contributed by atoms with Gasteiger partial charge in [-0.2, -0.15) is 0 Å². The number of hydrogen-bond acceptors (Lipinski definition) is 2. The van der Waals surface area contributed by atoms with Crippen molar-refractivity contribution in [2.75, 3.05) is 13.2 Å². The van der Waals surface area contributed by atoms with E-state index in [1.54, 1.807) is 0 Å². The summed E-state index contributed by atoms with van der Waals surface area (Å²) in [6.07, 6.45) is 12.9. The number of benzene rings is 2. The van der Waals surface area contributed by atoms with Crippen molar-refractivity contribution in [3.63, 3.8) is 0 Å². The van der Waals surface area contributed by atoms with Crippen LogP contribution < -0.4 is 9.47 Å². The third kappa shape index (κ3) is 7.18. The molecular weight excluding hydrogens is 320 g/mol. The Morgan fingerprint density at radius 2 is 1.35 bits per heavy atom. The maximum atomic E-state index is 5.80. The molecule has 0 N–H and O–H groups in total. The summed E-state index contributed by atoms with van der Waals surface area (Å²) in [5.41, 5.74) is 2.36. The molecule has 0 aliphatic carbocycles. The first-order valence-corrected chi connectivity index (χ1v) is 9.57. The highest BCUT2D eigenvalue weighted by Gasteiger charge is 2.00. The van der Waals surface area contributed by atoms with Gasteiger partial charge in [-0.1, -0.05) is 68.7 Å². The Morgan fingerprint density at radius 1 is 0.731 bits per heavy atom. The monoisotopic (exact) mass is 350 g/mol. The van der Waals surface area contributed by atoms with E-state index < -0.39 is 0 Å². The number of rotatable bonds is 11. The molecule has 0 unspecified atom stereocenters. The second-order valence-electron chi connectivity index (χ2n) is 6.22. The van der Waals surface area contributed by atoms with Crippen LogP contribution in [0, 0.1) is 0 Å². The predicted molar refractivity (Wildman–Crippen MR) is 111 cm³/mol. The zero-order valence-electron chi connectivity index (χ0n) is 16.0. The van der Waals surface area contributed by atoms with Crippen molar-refractivity contribution < 1.29 is 9.47 Å². The lowest BCUT2D eigenvalue weighted by Gasteiger charge is -2.08. The summed E-state index contributed by atoms with van der Waals surface area (Å²) in [7, 11) is 0. The van der Waals surface area contributed by atoms with E-state index >= 15 is 0 Å². The van der Waals surface area contributed by atoms with Crippen LogP contribution in [0.5, 0.6) is 11.5 Å². The lowest BCUT2D eigenvalue weighted by molar-refractivity contribution is 0.305. The number of hydrogen-bond donors (Lipinski definition) is 0. The van der Waals surface area contributed by atoms with E-state index in [1.807, 2.05) is 55.5 Å². The zero-order valence-corrected chi connectivity index (χ0v) is 16.0. The fraction of sp³-hybridized carbons (Fsp3) is 0.333. The molecule has 0 heterocycles. The quantitative estimate of drug-likeness (QED) is 0.327. The molecule has 0 spiro atoms. The molecule has 0 saturated carbocycles. The van der Waals surface area contributed by atoms with Gasteiger partial charge < -0.3 is 9.47 Å². The normalized spacial score (nSPS) is 11.3. The van der Waals surface area contributed by atoms with Crippen molar-refractivity contribution in [2.24, 2.45) is 0 Å². The molecule has 0 atom stereocenters. The molecule has 2 heteroatoms. The van der Waals surface area contributed by atoms with Crippen molar-refractivity contribution in [3.8, 4) is 22.6 Å². The van der Waals surface area contributed by atoms with E-state index in [2.05, 4.69) is 31.2 Å². The summed E-state index contributed by atoms with van der Waals surface area (Å²) in [6.45, 7) is 5.60. The third-order valence-electron chi connectivity index (χ3n) is 4.09. The first kappa shape index (κ1) is 19.8. The maximum absolute atomic E-state index is 5.80. The van der Waals surface area contributed by atoms with Gasteiger partial charge in [0.05, 0.1) is 6.61 Å². The first-order chi connectivity index (χ1) is 12.8.